The molecule has 1 N–H and O–H groups in total. The zero-order chi connectivity index (χ0) is 10.2. The van der Waals surface area contributed by atoms with Crippen molar-refractivity contribution in [3.8, 4) is 0 Å². The lowest BCUT2D eigenvalue weighted by Crippen LogP contribution is -1.88. The summed E-state index contributed by atoms with van der Waals surface area (Å²) in [4.78, 5) is 0. The molecule has 0 spiro atoms. The van der Waals surface area contributed by atoms with E-state index in [0.717, 1.165) is 18.6 Å². The topological polar surface area (TPSA) is 32.6 Å². The quantitative estimate of drug-likeness (QED) is 0.440. The predicted octanol–water partition coefficient (Wildman–Crippen LogP) is 3.33. The van der Waals surface area contributed by atoms with Crippen LogP contribution in [0.1, 0.15) is 25.3 Å². The molecule has 0 heterocycles. The number of hydrogen-bond donors (Lipinski definition) is 1. The van der Waals surface area contributed by atoms with Crippen LogP contribution in [0.3, 0.4) is 0 Å². The maximum absolute atomic E-state index is 8.42. The average molecular weight is 189 g/mol. The molecule has 14 heavy (non-hydrogen) atoms. The van der Waals surface area contributed by atoms with Crippen LogP contribution in [0.25, 0.3) is 6.08 Å². The first-order valence-corrected chi connectivity index (χ1v) is 4.72. The number of allylic oxidation sites excluding steroid dienone is 1. The zero-order valence-corrected chi connectivity index (χ0v) is 8.35. The normalized spacial score (nSPS) is 12.2. The Balaban J connectivity index is 2.35. The fourth-order valence-electron chi connectivity index (χ4n) is 1.13. The molecule has 0 atom stereocenters. The molecule has 2 nitrogen and oxygen atoms in total. The van der Waals surface area contributed by atoms with Crippen LogP contribution in [0.15, 0.2) is 41.6 Å². The molecule has 0 aliphatic carbocycles. The molecular formula is C12H15NO. The molecule has 0 aromatic heterocycles. The van der Waals surface area contributed by atoms with Gasteiger partial charge in [0, 0.05) is 0 Å². The summed E-state index contributed by atoms with van der Waals surface area (Å²) >= 11 is 0. The summed E-state index contributed by atoms with van der Waals surface area (Å²) < 4.78 is 0. The third-order valence-corrected chi connectivity index (χ3v) is 1.95. The van der Waals surface area contributed by atoms with Crippen LogP contribution in [0.5, 0.6) is 0 Å². The van der Waals surface area contributed by atoms with Gasteiger partial charge in [-0.2, -0.15) is 0 Å². The Morgan fingerprint density at radius 2 is 2.07 bits per heavy atom. The fraction of sp³-hybridized carbons (Fsp3) is 0.250. The van der Waals surface area contributed by atoms with Gasteiger partial charge in [-0.05, 0) is 25.3 Å². The molecule has 0 aliphatic rings. The molecule has 0 radical (unpaired) electrons. The van der Waals surface area contributed by atoms with Crippen molar-refractivity contribution >= 4 is 11.8 Å². The highest BCUT2D eigenvalue weighted by Gasteiger charge is 1.88. The molecule has 1 aromatic rings. The summed E-state index contributed by atoms with van der Waals surface area (Å²) in [7, 11) is 0. The maximum atomic E-state index is 8.42. The second-order valence-electron chi connectivity index (χ2n) is 3.19. The second-order valence-corrected chi connectivity index (χ2v) is 3.19. The van der Waals surface area contributed by atoms with Crippen molar-refractivity contribution in [2.75, 3.05) is 0 Å². The van der Waals surface area contributed by atoms with Gasteiger partial charge in [0.15, 0.2) is 0 Å². The lowest BCUT2D eigenvalue weighted by molar-refractivity contribution is 0.317. The Bertz CT molecular complexity index is 314. The molecule has 2 heteroatoms. The highest BCUT2D eigenvalue weighted by molar-refractivity contribution is 5.81. The Labute approximate surface area is 84.6 Å². The predicted molar refractivity (Wildman–Crippen MR) is 59.6 cm³/mol. The van der Waals surface area contributed by atoms with E-state index in [1.807, 2.05) is 25.1 Å². The van der Waals surface area contributed by atoms with E-state index in [2.05, 4.69) is 29.4 Å². The first kappa shape index (κ1) is 10.5. The van der Waals surface area contributed by atoms with Crippen molar-refractivity contribution in [2.24, 2.45) is 5.16 Å². The fourth-order valence-corrected chi connectivity index (χ4v) is 1.13. The monoisotopic (exact) mass is 189 g/mol. The van der Waals surface area contributed by atoms with E-state index in [4.69, 9.17) is 5.21 Å². The summed E-state index contributed by atoms with van der Waals surface area (Å²) in [6.07, 6.45) is 5.87. The van der Waals surface area contributed by atoms with Crippen molar-refractivity contribution in [2.45, 2.75) is 19.8 Å². The van der Waals surface area contributed by atoms with Crippen LogP contribution in [0.2, 0.25) is 0 Å². The van der Waals surface area contributed by atoms with Gasteiger partial charge in [0.05, 0.1) is 5.71 Å². The third kappa shape index (κ3) is 3.90. The van der Waals surface area contributed by atoms with Crippen molar-refractivity contribution in [1.82, 2.24) is 0 Å². The first-order valence-electron chi connectivity index (χ1n) is 4.72. The van der Waals surface area contributed by atoms with E-state index < -0.39 is 0 Å². The van der Waals surface area contributed by atoms with Crippen LogP contribution < -0.4 is 0 Å². The highest BCUT2D eigenvalue weighted by atomic mass is 16.4. The van der Waals surface area contributed by atoms with E-state index in [1.165, 1.54) is 5.56 Å². The van der Waals surface area contributed by atoms with Gasteiger partial charge >= 0.3 is 0 Å². The number of hydrogen-bond acceptors (Lipinski definition) is 2. The molecule has 0 saturated heterocycles. The molecule has 0 unspecified atom stereocenters. The molecule has 1 rings (SSSR count). The van der Waals surface area contributed by atoms with Gasteiger partial charge in [0.25, 0.3) is 0 Å². The summed E-state index contributed by atoms with van der Waals surface area (Å²) in [5, 5.41) is 11.5. The lowest BCUT2D eigenvalue weighted by atomic mass is 10.1. The van der Waals surface area contributed by atoms with Crippen LogP contribution >= 0.6 is 0 Å². The summed E-state index contributed by atoms with van der Waals surface area (Å²) in [6, 6.07) is 10.1. The number of nitrogens with zero attached hydrogens (tertiary/aromatic N) is 1. The molecule has 0 fully saturated rings. The second kappa shape index (κ2) is 5.97. The zero-order valence-electron chi connectivity index (χ0n) is 8.35. The Kier molecular flexibility index (Phi) is 4.48. The van der Waals surface area contributed by atoms with Crippen molar-refractivity contribution < 1.29 is 5.21 Å². The Hall–Kier alpha value is -1.57. The largest absolute Gasteiger partial charge is 0.411 e. The first-order chi connectivity index (χ1) is 6.83. The van der Waals surface area contributed by atoms with Gasteiger partial charge in [-0.1, -0.05) is 47.6 Å². The van der Waals surface area contributed by atoms with Crippen LogP contribution in [0.4, 0.5) is 0 Å². The highest BCUT2D eigenvalue weighted by Crippen LogP contribution is 2.03. The van der Waals surface area contributed by atoms with Crippen molar-refractivity contribution in [3.63, 3.8) is 0 Å². The molecule has 0 amide bonds. The van der Waals surface area contributed by atoms with E-state index >= 15 is 0 Å². The van der Waals surface area contributed by atoms with Gasteiger partial charge in [-0.3, -0.25) is 0 Å². The minimum absolute atomic E-state index is 0.766. The number of benzene rings is 1. The third-order valence-electron chi connectivity index (χ3n) is 1.95. The summed E-state index contributed by atoms with van der Waals surface area (Å²) in [5.74, 6) is 0. The molecular weight excluding hydrogens is 174 g/mol. The van der Waals surface area contributed by atoms with Gasteiger partial charge in [-0.25, -0.2) is 0 Å². The van der Waals surface area contributed by atoms with E-state index in [-0.39, 0.29) is 0 Å². The number of rotatable bonds is 4. The maximum Gasteiger partial charge on any atom is 0.0543 e. The molecule has 0 bridgehead atoms. The van der Waals surface area contributed by atoms with E-state index in [0.29, 0.717) is 0 Å². The van der Waals surface area contributed by atoms with Crippen molar-refractivity contribution in [1.29, 1.82) is 0 Å². The van der Waals surface area contributed by atoms with E-state index in [9.17, 15) is 0 Å². The molecule has 0 saturated carbocycles. The van der Waals surface area contributed by atoms with Gasteiger partial charge < -0.3 is 5.21 Å². The average Bonchev–Trinajstić information content (AvgIpc) is 2.25. The van der Waals surface area contributed by atoms with Crippen molar-refractivity contribution in [3.05, 3.63) is 42.0 Å². The molecule has 74 valence electrons. The minimum atomic E-state index is 0.766. The van der Waals surface area contributed by atoms with Gasteiger partial charge in [-0.15, -0.1) is 0 Å². The minimum Gasteiger partial charge on any atom is -0.411 e. The Morgan fingerprint density at radius 1 is 1.36 bits per heavy atom. The van der Waals surface area contributed by atoms with E-state index in [1.54, 1.807) is 0 Å². The Morgan fingerprint density at radius 3 is 2.71 bits per heavy atom. The molecule has 0 aliphatic heterocycles. The van der Waals surface area contributed by atoms with Crippen LogP contribution in [-0.2, 0) is 0 Å². The van der Waals surface area contributed by atoms with Gasteiger partial charge in [0.1, 0.15) is 0 Å². The van der Waals surface area contributed by atoms with Crippen LogP contribution in [0, 0.1) is 0 Å². The smallest absolute Gasteiger partial charge is 0.0543 e. The lowest BCUT2D eigenvalue weighted by Gasteiger charge is -1.93. The molecule has 1 aromatic carbocycles. The number of oxime groups is 1. The SMILES string of the molecule is C/C(CCC=Cc1ccccc1)=N\O. The standard InChI is InChI=1S/C12H15NO/c1-11(13-14)7-5-6-10-12-8-3-2-4-9-12/h2-4,6,8-10,14H,5,7H2,1H3/b10-6?,13-11+. The summed E-state index contributed by atoms with van der Waals surface area (Å²) in [5.41, 5.74) is 1.97. The summed E-state index contributed by atoms with van der Waals surface area (Å²) in [6.45, 7) is 1.82. The van der Waals surface area contributed by atoms with Gasteiger partial charge in [0.2, 0.25) is 0 Å². The van der Waals surface area contributed by atoms with Crippen LogP contribution in [-0.4, -0.2) is 10.9 Å².